The van der Waals surface area contributed by atoms with Crippen molar-refractivity contribution >= 4 is 50.7 Å². The number of carbonyl (C=O) groups is 1. The van der Waals surface area contributed by atoms with Crippen LogP contribution in [0.25, 0.3) is 16.8 Å². The van der Waals surface area contributed by atoms with Crippen LogP contribution >= 0.6 is 11.8 Å². The first-order valence-electron chi connectivity index (χ1n) is 9.44. The van der Waals surface area contributed by atoms with Gasteiger partial charge in [-0.15, -0.1) is 5.10 Å². The topological polar surface area (TPSA) is 72.1 Å². The van der Waals surface area contributed by atoms with Crippen LogP contribution in [-0.2, 0) is 4.79 Å². The van der Waals surface area contributed by atoms with E-state index in [2.05, 4.69) is 15.0 Å². The standard InChI is InChI=1S/C21H19N5OS/c22-18-17(13-15-9-6-8-14-7-2-3-10-16(14)15)19(27)23-20-26(18)24-21(28-20)25-11-4-1-5-12-25/h2-3,6-10,13,22H,1,4-5,11-12H2/b17-13+,22-18?. The van der Waals surface area contributed by atoms with E-state index in [0.29, 0.717) is 5.17 Å². The van der Waals surface area contributed by atoms with Gasteiger partial charge in [0.25, 0.3) is 5.91 Å². The minimum Gasteiger partial charge on any atom is -0.349 e. The van der Waals surface area contributed by atoms with E-state index in [1.165, 1.54) is 23.2 Å². The molecule has 5 rings (SSSR count). The number of piperidine rings is 1. The molecule has 7 heteroatoms. The molecule has 1 amide bonds. The van der Waals surface area contributed by atoms with Gasteiger partial charge in [-0.1, -0.05) is 42.5 Å². The van der Waals surface area contributed by atoms with Crippen LogP contribution in [0.1, 0.15) is 24.8 Å². The zero-order chi connectivity index (χ0) is 19.1. The highest BCUT2D eigenvalue weighted by Gasteiger charge is 2.37. The number of rotatable bonds is 1. The minimum absolute atomic E-state index is 0.0856. The molecule has 0 bridgehead atoms. The Morgan fingerprint density at radius 2 is 1.79 bits per heavy atom. The summed E-state index contributed by atoms with van der Waals surface area (Å²) in [5, 5.41) is 18.1. The Labute approximate surface area is 167 Å². The van der Waals surface area contributed by atoms with Gasteiger partial charge in [0.1, 0.15) is 0 Å². The Morgan fingerprint density at radius 3 is 2.64 bits per heavy atom. The summed E-state index contributed by atoms with van der Waals surface area (Å²) in [6, 6.07) is 14.0. The van der Waals surface area contributed by atoms with E-state index >= 15 is 0 Å². The number of thioether (sulfide) groups is 1. The van der Waals surface area contributed by atoms with Crippen molar-refractivity contribution in [2.75, 3.05) is 13.1 Å². The number of hydrogen-bond donors (Lipinski definition) is 1. The lowest BCUT2D eigenvalue weighted by Crippen LogP contribution is -2.35. The third-order valence-corrected chi connectivity index (χ3v) is 6.16. The number of aliphatic imine (C=N–C) groups is 1. The van der Waals surface area contributed by atoms with Gasteiger partial charge in [-0.05, 0) is 53.4 Å². The van der Waals surface area contributed by atoms with Crippen LogP contribution < -0.4 is 0 Å². The number of fused-ring (bicyclic) bond motifs is 2. The fourth-order valence-electron chi connectivity index (χ4n) is 3.73. The van der Waals surface area contributed by atoms with Gasteiger partial charge in [-0.3, -0.25) is 10.2 Å². The third-order valence-electron chi connectivity index (χ3n) is 5.19. The van der Waals surface area contributed by atoms with Crippen LogP contribution in [0.2, 0.25) is 0 Å². The predicted molar refractivity (Wildman–Crippen MR) is 114 cm³/mol. The number of amidine groups is 3. The van der Waals surface area contributed by atoms with E-state index in [-0.39, 0.29) is 17.3 Å². The van der Waals surface area contributed by atoms with Crippen LogP contribution in [0.15, 0.2) is 58.1 Å². The number of hydrogen-bond acceptors (Lipinski definition) is 5. The molecule has 140 valence electrons. The first-order valence-corrected chi connectivity index (χ1v) is 10.3. The zero-order valence-corrected chi connectivity index (χ0v) is 16.1. The fraction of sp³-hybridized carbons (Fsp3) is 0.238. The van der Waals surface area contributed by atoms with Gasteiger partial charge in [0.15, 0.2) is 11.0 Å². The number of hydrazone groups is 1. The Kier molecular flexibility index (Phi) is 4.24. The molecular formula is C21H19N5OS. The Morgan fingerprint density at radius 1 is 1.00 bits per heavy atom. The van der Waals surface area contributed by atoms with Crippen LogP contribution in [0.4, 0.5) is 0 Å². The van der Waals surface area contributed by atoms with Gasteiger partial charge in [0.05, 0.1) is 5.57 Å². The van der Waals surface area contributed by atoms with E-state index in [9.17, 15) is 4.79 Å². The maximum Gasteiger partial charge on any atom is 0.283 e. The number of benzene rings is 2. The molecule has 0 aliphatic carbocycles. The molecule has 3 aliphatic rings. The number of nitrogens with zero attached hydrogens (tertiary/aromatic N) is 4. The van der Waals surface area contributed by atoms with Crippen molar-refractivity contribution in [2.24, 2.45) is 10.1 Å². The molecule has 0 saturated carbocycles. The maximum absolute atomic E-state index is 12.7. The molecule has 2 aromatic rings. The summed E-state index contributed by atoms with van der Waals surface area (Å²) in [5.41, 5.74) is 1.17. The van der Waals surface area contributed by atoms with E-state index in [1.807, 2.05) is 42.5 Å². The Bertz CT molecular complexity index is 1080. The number of amides is 1. The minimum atomic E-state index is -0.383. The first kappa shape index (κ1) is 17.2. The molecule has 0 aromatic heterocycles. The second-order valence-electron chi connectivity index (χ2n) is 7.02. The highest BCUT2D eigenvalue weighted by atomic mass is 32.2. The Hall–Kier alpha value is -2.93. The summed E-state index contributed by atoms with van der Waals surface area (Å²) in [6.45, 7) is 1.93. The van der Waals surface area contributed by atoms with Gasteiger partial charge in [-0.2, -0.15) is 10.0 Å². The molecule has 6 nitrogen and oxygen atoms in total. The van der Waals surface area contributed by atoms with Gasteiger partial charge in [-0.25, -0.2) is 0 Å². The molecule has 1 saturated heterocycles. The first-order chi connectivity index (χ1) is 13.7. The molecular weight excluding hydrogens is 370 g/mol. The van der Waals surface area contributed by atoms with Crippen molar-refractivity contribution < 1.29 is 4.79 Å². The highest BCUT2D eigenvalue weighted by Crippen LogP contribution is 2.31. The van der Waals surface area contributed by atoms with E-state index < -0.39 is 0 Å². The molecule has 0 unspecified atom stereocenters. The number of likely N-dealkylation sites (tertiary alicyclic amines) is 1. The smallest absolute Gasteiger partial charge is 0.283 e. The lowest BCUT2D eigenvalue weighted by molar-refractivity contribution is -0.114. The largest absolute Gasteiger partial charge is 0.349 e. The van der Waals surface area contributed by atoms with E-state index in [1.54, 1.807) is 6.08 Å². The second kappa shape index (κ2) is 6.91. The lowest BCUT2D eigenvalue weighted by Gasteiger charge is -2.26. The summed E-state index contributed by atoms with van der Waals surface area (Å²) in [6.07, 6.45) is 5.29. The van der Waals surface area contributed by atoms with Crippen LogP contribution in [0.3, 0.4) is 0 Å². The van der Waals surface area contributed by atoms with E-state index in [0.717, 1.165) is 47.4 Å². The molecule has 3 heterocycles. The molecule has 0 radical (unpaired) electrons. The van der Waals surface area contributed by atoms with Crippen molar-refractivity contribution in [1.29, 1.82) is 5.41 Å². The van der Waals surface area contributed by atoms with Crippen molar-refractivity contribution in [1.82, 2.24) is 9.91 Å². The van der Waals surface area contributed by atoms with Crippen molar-refractivity contribution in [3.63, 3.8) is 0 Å². The van der Waals surface area contributed by atoms with Crippen molar-refractivity contribution in [3.8, 4) is 0 Å². The van der Waals surface area contributed by atoms with Gasteiger partial charge >= 0.3 is 0 Å². The van der Waals surface area contributed by atoms with Crippen molar-refractivity contribution in [3.05, 3.63) is 53.6 Å². The summed E-state index contributed by atoms with van der Waals surface area (Å²) < 4.78 is 0. The molecule has 1 fully saturated rings. The molecule has 2 aromatic carbocycles. The number of nitrogens with one attached hydrogen (secondary N) is 1. The molecule has 28 heavy (non-hydrogen) atoms. The SMILES string of the molecule is N=C1/C(=C\c2cccc3ccccc23)C(=O)N=C2SC(N3CCCCC3)=NN12. The van der Waals surface area contributed by atoms with Gasteiger partial charge in [0, 0.05) is 13.1 Å². The lowest BCUT2D eigenvalue weighted by atomic mass is 10.0. The van der Waals surface area contributed by atoms with E-state index in [4.69, 9.17) is 5.41 Å². The summed E-state index contributed by atoms with van der Waals surface area (Å²) >= 11 is 1.38. The van der Waals surface area contributed by atoms with Crippen LogP contribution in [0, 0.1) is 5.41 Å². The number of carbonyl (C=O) groups excluding carboxylic acids is 1. The van der Waals surface area contributed by atoms with Crippen LogP contribution in [-0.4, -0.2) is 45.1 Å². The van der Waals surface area contributed by atoms with Gasteiger partial charge in [0.2, 0.25) is 5.17 Å². The van der Waals surface area contributed by atoms with Crippen LogP contribution in [0.5, 0.6) is 0 Å². The maximum atomic E-state index is 12.7. The summed E-state index contributed by atoms with van der Waals surface area (Å²) in [7, 11) is 0. The molecule has 1 N–H and O–H groups in total. The average Bonchev–Trinajstić information content (AvgIpc) is 3.16. The quantitative estimate of drug-likeness (QED) is 0.751. The molecule has 3 aliphatic heterocycles. The predicted octanol–water partition coefficient (Wildman–Crippen LogP) is 3.90. The second-order valence-corrected chi connectivity index (χ2v) is 7.95. The summed E-state index contributed by atoms with van der Waals surface area (Å²) in [4.78, 5) is 19.1. The average molecular weight is 389 g/mol. The molecule has 0 spiro atoms. The zero-order valence-electron chi connectivity index (χ0n) is 15.3. The third kappa shape index (κ3) is 2.92. The normalized spacial score (nSPS) is 21.2. The van der Waals surface area contributed by atoms with Gasteiger partial charge < -0.3 is 4.90 Å². The molecule has 0 atom stereocenters. The monoisotopic (exact) mass is 389 g/mol. The fourth-order valence-corrected chi connectivity index (χ4v) is 4.67. The summed E-state index contributed by atoms with van der Waals surface area (Å²) in [5.74, 6) is -0.297. The highest BCUT2D eigenvalue weighted by molar-refractivity contribution is 8.26. The Balaban J connectivity index is 1.51. The van der Waals surface area contributed by atoms with Crippen molar-refractivity contribution in [2.45, 2.75) is 19.3 Å².